The van der Waals surface area contributed by atoms with Crippen LogP contribution in [0.15, 0.2) is 18.2 Å². The van der Waals surface area contributed by atoms with Crippen LogP contribution < -0.4 is 0 Å². The molecule has 0 radical (unpaired) electrons. The van der Waals surface area contributed by atoms with Crippen molar-refractivity contribution in [3.63, 3.8) is 0 Å². The molecule has 0 atom stereocenters. The van der Waals surface area contributed by atoms with Crippen molar-refractivity contribution in [2.45, 2.75) is 6.61 Å². The van der Waals surface area contributed by atoms with E-state index in [9.17, 15) is 4.79 Å². The number of rotatable bonds is 3. The summed E-state index contributed by atoms with van der Waals surface area (Å²) in [6.45, 7) is 0.00553. The fourth-order valence-corrected chi connectivity index (χ4v) is 1.50. The second kappa shape index (κ2) is 4.04. The Labute approximate surface area is 73.6 Å². The summed E-state index contributed by atoms with van der Waals surface area (Å²) in [6, 6.07) is 3.54. The molecule has 0 aliphatic carbocycles. The fraction of sp³-hybridized carbons (Fsp3) is 0.125. The molecule has 0 spiro atoms. The lowest BCUT2D eigenvalue weighted by molar-refractivity contribution is -0.131. The molecule has 0 aliphatic heterocycles. The first-order valence-corrected chi connectivity index (χ1v) is 4.14. The van der Waals surface area contributed by atoms with Crippen LogP contribution in [-0.2, 0) is 11.4 Å². The predicted molar refractivity (Wildman–Crippen MR) is 46.9 cm³/mol. The summed E-state index contributed by atoms with van der Waals surface area (Å²) in [5.74, 6) is -0.964. The van der Waals surface area contributed by atoms with E-state index in [1.54, 1.807) is 12.1 Å². The number of carboxylic acids is 1. The molecule has 1 heterocycles. The Hall–Kier alpha value is -1.13. The lowest BCUT2D eigenvalue weighted by atomic mass is 10.4. The second-order valence-electron chi connectivity index (χ2n) is 2.13. The predicted octanol–water partition coefficient (Wildman–Crippen LogP) is 1.34. The molecule has 0 bridgehead atoms. The van der Waals surface area contributed by atoms with E-state index in [0.717, 1.165) is 15.8 Å². The molecule has 12 heavy (non-hydrogen) atoms. The van der Waals surface area contributed by atoms with Crippen molar-refractivity contribution < 1.29 is 15.0 Å². The Morgan fingerprint density at radius 1 is 1.58 bits per heavy atom. The monoisotopic (exact) mass is 184 g/mol. The number of thiophene rings is 1. The fourth-order valence-electron chi connectivity index (χ4n) is 0.722. The van der Waals surface area contributed by atoms with E-state index in [0.29, 0.717) is 0 Å². The summed E-state index contributed by atoms with van der Waals surface area (Å²) in [7, 11) is 0. The largest absolute Gasteiger partial charge is 0.478 e. The van der Waals surface area contributed by atoms with Crippen LogP contribution in [0.5, 0.6) is 0 Å². The maximum atomic E-state index is 10.1. The quantitative estimate of drug-likeness (QED) is 0.697. The standard InChI is InChI=1S/C8H8O3S/c9-5-7-2-1-6(12-7)3-4-8(10)11/h1-4,9H,5H2,(H,10,11)/b4-3+. The Morgan fingerprint density at radius 2 is 2.33 bits per heavy atom. The van der Waals surface area contributed by atoms with Gasteiger partial charge >= 0.3 is 5.97 Å². The smallest absolute Gasteiger partial charge is 0.328 e. The Morgan fingerprint density at radius 3 is 2.83 bits per heavy atom. The molecule has 1 aromatic heterocycles. The highest BCUT2D eigenvalue weighted by Crippen LogP contribution is 2.17. The third-order valence-electron chi connectivity index (χ3n) is 1.23. The minimum Gasteiger partial charge on any atom is -0.478 e. The Balaban J connectivity index is 2.70. The SMILES string of the molecule is O=C(O)/C=C/c1ccc(CO)s1. The number of carbonyl (C=O) groups is 1. The van der Waals surface area contributed by atoms with E-state index in [2.05, 4.69) is 0 Å². The number of carboxylic acid groups (broad SMARTS) is 1. The number of hydrogen-bond acceptors (Lipinski definition) is 3. The molecule has 3 nitrogen and oxygen atoms in total. The average molecular weight is 184 g/mol. The van der Waals surface area contributed by atoms with Crippen molar-refractivity contribution in [2.75, 3.05) is 0 Å². The molecular formula is C8H8O3S. The van der Waals surface area contributed by atoms with Gasteiger partial charge in [-0.2, -0.15) is 0 Å². The zero-order valence-corrected chi connectivity index (χ0v) is 7.04. The third kappa shape index (κ3) is 2.48. The van der Waals surface area contributed by atoms with Gasteiger partial charge < -0.3 is 10.2 Å². The van der Waals surface area contributed by atoms with Gasteiger partial charge in [0.2, 0.25) is 0 Å². The van der Waals surface area contributed by atoms with E-state index in [4.69, 9.17) is 10.2 Å². The highest BCUT2D eigenvalue weighted by atomic mass is 32.1. The summed E-state index contributed by atoms with van der Waals surface area (Å²) < 4.78 is 0. The highest BCUT2D eigenvalue weighted by molar-refractivity contribution is 7.12. The summed E-state index contributed by atoms with van der Waals surface area (Å²) in [6.07, 6.45) is 2.58. The maximum absolute atomic E-state index is 10.1. The van der Waals surface area contributed by atoms with Crippen molar-refractivity contribution in [2.24, 2.45) is 0 Å². The normalized spacial score (nSPS) is 10.8. The van der Waals surface area contributed by atoms with E-state index < -0.39 is 5.97 Å². The summed E-state index contributed by atoms with van der Waals surface area (Å²) in [4.78, 5) is 11.8. The molecule has 1 rings (SSSR count). The van der Waals surface area contributed by atoms with Crippen molar-refractivity contribution in [1.29, 1.82) is 0 Å². The van der Waals surface area contributed by atoms with Crippen molar-refractivity contribution in [1.82, 2.24) is 0 Å². The van der Waals surface area contributed by atoms with Crippen LogP contribution >= 0.6 is 11.3 Å². The van der Waals surface area contributed by atoms with Gasteiger partial charge in [0.05, 0.1) is 6.61 Å². The third-order valence-corrected chi connectivity index (χ3v) is 2.26. The number of aliphatic carboxylic acids is 1. The van der Waals surface area contributed by atoms with Crippen molar-refractivity contribution in [3.8, 4) is 0 Å². The van der Waals surface area contributed by atoms with Gasteiger partial charge in [0.1, 0.15) is 0 Å². The van der Waals surface area contributed by atoms with E-state index in [1.807, 2.05) is 0 Å². The molecule has 0 unspecified atom stereocenters. The van der Waals surface area contributed by atoms with Gasteiger partial charge in [0.15, 0.2) is 0 Å². The van der Waals surface area contributed by atoms with Crippen molar-refractivity contribution in [3.05, 3.63) is 28.0 Å². The summed E-state index contributed by atoms with van der Waals surface area (Å²) in [5, 5.41) is 17.0. The lowest BCUT2D eigenvalue weighted by Crippen LogP contribution is -1.84. The molecule has 1 aromatic rings. The Bertz CT molecular complexity index is 301. The van der Waals surface area contributed by atoms with E-state index in [-0.39, 0.29) is 6.61 Å². The van der Waals surface area contributed by atoms with Gasteiger partial charge in [-0.05, 0) is 18.2 Å². The maximum Gasteiger partial charge on any atom is 0.328 e. The van der Waals surface area contributed by atoms with Crippen LogP contribution in [0.2, 0.25) is 0 Å². The van der Waals surface area contributed by atoms with Gasteiger partial charge in [-0.25, -0.2) is 4.79 Å². The number of hydrogen-bond donors (Lipinski definition) is 2. The lowest BCUT2D eigenvalue weighted by Gasteiger charge is -1.83. The molecule has 0 saturated carbocycles. The first kappa shape index (κ1) is 8.96. The minimum absolute atomic E-state index is 0.00553. The van der Waals surface area contributed by atoms with E-state index in [1.165, 1.54) is 17.4 Å². The van der Waals surface area contributed by atoms with Gasteiger partial charge in [-0.1, -0.05) is 0 Å². The van der Waals surface area contributed by atoms with Gasteiger partial charge in [0, 0.05) is 15.8 Å². The molecule has 0 saturated heterocycles. The molecule has 64 valence electrons. The zero-order chi connectivity index (χ0) is 8.97. The Kier molecular flexibility index (Phi) is 3.01. The first-order valence-electron chi connectivity index (χ1n) is 3.33. The van der Waals surface area contributed by atoms with E-state index >= 15 is 0 Å². The van der Waals surface area contributed by atoms with Gasteiger partial charge in [-0.3, -0.25) is 0 Å². The summed E-state index contributed by atoms with van der Waals surface area (Å²) >= 11 is 1.37. The molecule has 0 amide bonds. The molecular weight excluding hydrogens is 176 g/mol. The second-order valence-corrected chi connectivity index (χ2v) is 3.33. The molecule has 2 N–H and O–H groups in total. The topological polar surface area (TPSA) is 57.5 Å². The number of aliphatic hydroxyl groups excluding tert-OH is 1. The summed E-state index contributed by atoms with van der Waals surface area (Å²) in [5.41, 5.74) is 0. The van der Waals surface area contributed by atoms with Gasteiger partial charge in [-0.15, -0.1) is 11.3 Å². The van der Waals surface area contributed by atoms with Crippen LogP contribution in [0.25, 0.3) is 6.08 Å². The van der Waals surface area contributed by atoms with Crippen LogP contribution in [-0.4, -0.2) is 16.2 Å². The van der Waals surface area contributed by atoms with Crippen LogP contribution in [0.4, 0.5) is 0 Å². The first-order chi connectivity index (χ1) is 5.72. The number of aliphatic hydroxyl groups is 1. The molecule has 0 fully saturated rings. The van der Waals surface area contributed by atoms with Crippen molar-refractivity contribution >= 4 is 23.4 Å². The minimum atomic E-state index is -0.964. The van der Waals surface area contributed by atoms with Crippen LogP contribution in [0, 0.1) is 0 Å². The van der Waals surface area contributed by atoms with Crippen LogP contribution in [0.3, 0.4) is 0 Å². The van der Waals surface area contributed by atoms with Gasteiger partial charge in [0.25, 0.3) is 0 Å². The molecule has 0 aliphatic rings. The molecule has 0 aromatic carbocycles. The molecule has 4 heteroatoms. The van der Waals surface area contributed by atoms with Crippen LogP contribution in [0.1, 0.15) is 9.75 Å². The average Bonchev–Trinajstić information content (AvgIpc) is 2.48. The zero-order valence-electron chi connectivity index (χ0n) is 6.23. The highest BCUT2D eigenvalue weighted by Gasteiger charge is 1.95.